The number of nitrogens with one attached hydrogen (secondary N) is 1. The van der Waals surface area contributed by atoms with Crippen LogP contribution in [-0.4, -0.2) is 39.6 Å². The summed E-state index contributed by atoms with van der Waals surface area (Å²) in [5.74, 6) is -0.677. The quantitative estimate of drug-likeness (QED) is 0.896. The van der Waals surface area contributed by atoms with Crippen molar-refractivity contribution in [2.75, 3.05) is 24.2 Å². The van der Waals surface area contributed by atoms with Crippen LogP contribution in [0, 0.1) is 0 Å². The van der Waals surface area contributed by atoms with Crippen LogP contribution in [0.15, 0.2) is 53.4 Å². The SMILES string of the molecule is CS(=O)(=O)c1cccc(C(=O)NCC(=O)N2CCc3ccccc32)c1. The smallest absolute Gasteiger partial charge is 0.251 e. The van der Waals surface area contributed by atoms with Crippen molar-refractivity contribution in [3.05, 3.63) is 59.7 Å². The van der Waals surface area contributed by atoms with Crippen LogP contribution in [0.4, 0.5) is 5.69 Å². The van der Waals surface area contributed by atoms with Crippen molar-refractivity contribution in [1.29, 1.82) is 0 Å². The van der Waals surface area contributed by atoms with Crippen LogP contribution in [0.2, 0.25) is 0 Å². The molecule has 0 bridgehead atoms. The van der Waals surface area contributed by atoms with E-state index in [0.717, 1.165) is 23.9 Å². The van der Waals surface area contributed by atoms with Gasteiger partial charge in [0.2, 0.25) is 5.91 Å². The minimum Gasteiger partial charge on any atom is -0.343 e. The van der Waals surface area contributed by atoms with Gasteiger partial charge in [0.15, 0.2) is 9.84 Å². The Kier molecular flexibility index (Phi) is 4.59. The van der Waals surface area contributed by atoms with Gasteiger partial charge in [-0.3, -0.25) is 9.59 Å². The summed E-state index contributed by atoms with van der Waals surface area (Å²) in [5, 5.41) is 2.56. The summed E-state index contributed by atoms with van der Waals surface area (Å²) < 4.78 is 23.1. The van der Waals surface area contributed by atoms with E-state index in [4.69, 9.17) is 0 Å². The third-order valence-electron chi connectivity index (χ3n) is 4.11. The summed E-state index contributed by atoms with van der Waals surface area (Å²) in [6, 6.07) is 13.4. The van der Waals surface area contributed by atoms with Gasteiger partial charge in [0.05, 0.1) is 11.4 Å². The molecule has 2 aromatic carbocycles. The van der Waals surface area contributed by atoms with E-state index < -0.39 is 15.7 Å². The normalized spacial score (nSPS) is 13.4. The summed E-state index contributed by atoms with van der Waals surface area (Å²) in [6.45, 7) is 0.452. The van der Waals surface area contributed by atoms with Gasteiger partial charge in [-0.1, -0.05) is 24.3 Å². The molecule has 0 unspecified atom stereocenters. The third-order valence-corrected chi connectivity index (χ3v) is 5.22. The number of carbonyl (C=O) groups excluding carboxylic acids is 2. The van der Waals surface area contributed by atoms with E-state index in [1.165, 1.54) is 24.3 Å². The van der Waals surface area contributed by atoms with Crippen molar-refractivity contribution >= 4 is 27.3 Å². The first-order chi connectivity index (χ1) is 11.9. The number of sulfone groups is 1. The molecule has 0 fully saturated rings. The molecule has 0 saturated heterocycles. The van der Waals surface area contributed by atoms with Gasteiger partial charge in [0.1, 0.15) is 0 Å². The molecule has 1 N–H and O–H groups in total. The lowest BCUT2D eigenvalue weighted by Crippen LogP contribution is -2.39. The first-order valence-corrected chi connectivity index (χ1v) is 9.72. The van der Waals surface area contributed by atoms with E-state index in [-0.39, 0.29) is 22.9 Å². The second kappa shape index (κ2) is 6.68. The number of hydrogen-bond donors (Lipinski definition) is 1. The van der Waals surface area contributed by atoms with Crippen molar-refractivity contribution in [1.82, 2.24) is 5.32 Å². The molecular weight excluding hydrogens is 340 g/mol. The zero-order valence-electron chi connectivity index (χ0n) is 13.7. The predicted molar refractivity (Wildman–Crippen MR) is 94.4 cm³/mol. The van der Waals surface area contributed by atoms with Gasteiger partial charge >= 0.3 is 0 Å². The molecule has 0 aromatic heterocycles. The minimum atomic E-state index is -3.39. The van der Waals surface area contributed by atoms with E-state index in [1.54, 1.807) is 4.90 Å². The Labute approximate surface area is 146 Å². The number of carbonyl (C=O) groups is 2. The maximum Gasteiger partial charge on any atom is 0.251 e. The second-order valence-corrected chi connectivity index (χ2v) is 7.92. The number of anilines is 1. The Morgan fingerprint density at radius 3 is 2.64 bits per heavy atom. The van der Waals surface area contributed by atoms with Gasteiger partial charge in [0, 0.05) is 24.1 Å². The molecule has 0 saturated carbocycles. The average molecular weight is 358 g/mol. The maximum atomic E-state index is 12.4. The molecule has 130 valence electrons. The Hall–Kier alpha value is -2.67. The molecule has 1 aliphatic heterocycles. The molecule has 0 spiro atoms. The molecule has 1 aliphatic rings. The van der Waals surface area contributed by atoms with Crippen LogP contribution in [-0.2, 0) is 21.1 Å². The van der Waals surface area contributed by atoms with E-state index in [9.17, 15) is 18.0 Å². The molecule has 2 aromatic rings. The highest BCUT2D eigenvalue weighted by Crippen LogP contribution is 2.27. The molecule has 2 amide bonds. The Bertz CT molecular complexity index is 938. The van der Waals surface area contributed by atoms with E-state index in [1.807, 2.05) is 24.3 Å². The van der Waals surface area contributed by atoms with Crippen LogP contribution in [0.1, 0.15) is 15.9 Å². The Balaban J connectivity index is 1.66. The monoisotopic (exact) mass is 358 g/mol. The zero-order chi connectivity index (χ0) is 18.0. The molecule has 1 heterocycles. The lowest BCUT2D eigenvalue weighted by molar-refractivity contribution is -0.117. The van der Waals surface area contributed by atoms with Crippen molar-refractivity contribution in [3.63, 3.8) is 0 Å². The van der Waals surface area contributed by atoms with Gasteiger partial charge in [-0.2, -0.15) is 0 Å². The average Bonchev–Trinajstić information content (AvgIpc) is 3.03. The van der Waals surface area contributed by atoms with Crippen molar-refractivity contribution in [2.24, 2.45) is 0 Å². The van der Waals surface area contributed by atoms with Gasteiger partial charge in [-0.05, 0) is 36.2 Å². The largest absolute Gasteiger partial charge is 0.343 e. The Morgan fingerprint density at radius 2 is 1.88 bits per heavy atom. The van der Waals surface area contributed by atoms with Crippen LogP contribution >= 0.6 is 0 Å². The van der Waals surface area contributed by atoms with E-state index in [2.05, 4.69) is 5.32 Å². The summed E-state index contributed by atoms with van der Waals surface area (Å²) in [5.41, 5.74) is 2.20. The molecule has 0 atom stereocenters. The van der Waals surface area contributed by atoms with Crippen molar-refractivity contribution in [3.8, 4) is 0 Å². The first kappa shape index (κ1) is 17.2. The molecule has 7 heteroatoms. The highest BCUT2D eigenvalue weighted by atomic mass is 32.2. The third kappa shape index (κ3) is 3.71. The van der Waals surface area contributed by atoms with Crippen LogP contribution in [0.25, 0.3) is 0 Å². The van der Waals surface area contributed by atoms with E-state index in [0.29, 0.717) is 6.54 Å². The van der Waals surface area contributed by atoms with Crippen molar-refractivity contribution < 1.29 is 18.0 Å². The fraction of sp³-hybridized carbons (Fsp3) is 0.222. The number of rotatable bonds is 4. The van der Waals surface area contributed by atoms with Gasteiger partial charge in [0.25, 0.3) is 5.91 Å². The molecule has 3 rings (SSSR count). The van der Waals surface area contributed by atoms with Gasteiger partial charge in [-0.15, -0.1) is 0 Å². The Morgan fingerprint density at radius 1 is 1.12 bits per heavy atom. The fourth-order valence-corrected chi connectivity index (χ4v) is 3.49. The highest BCUT2D eigenvalue weighted by molar-refractivity contribution is 7.90. The summed E-state index contributed by atoms with van der Waals surface area (Å²) in [7, 11) is -3.39. The topological polar surface area (TPSA) is 83.5 Å². The molecule has 0 aliphatic carbocycles. The van der Waals surface area contributed by atoms with Crippen LogP contribution in [0.5, 0.6) is 0 Å². The number of amides is 2. The molecule has 25 heavy (non-hydrogen) atoms. The highest BCUT2D eigenvalue weighted by Gasteiger charge is 2.24. The van der Waals surface area contributed by atoms with Crippen LogP contribution < -0.4 is 10.2 Å². The van der Waals surface area contributed by atoms with E-state index >= 15 is 0 Å². The maximum absolute atomic E-state index is 12.4. The lowest BCUT2D eigenvalue weighted by Gasteiger charge is -2.17. The summed E-state index contributed by atoms with van der Waals surface area (Å²) in [4.78, 5) is 26.3. The standard InChI is InChI=1S/C18H18N2O4S/c1-25(23,24)15-7-4-6-14(11-15)18(22)19-12-17(21)20-10-9-13-5-2-3-8-16(13)20/h2-8,11H,9-10,12H2,1H3,(H,19,22). The fourth-order valence-electron chi connectivity index (χ4n) is 2.82. The van der Waals surface area contributed by atoms with Gasteiger partial charge < -0.3 is 10.2 Å². The van der Waals surface area contributed by atoms with Crippen LogP contribution in [0.3, 0.4) is 0 Å². The lowest BCUT2D eigenvalue weighted by atomic mass is 10.2. The number of fused-ring (bicyclic) bond motifs is 1. The number of nitrogens with zero attached hydrogens (tertiary/aromatic N) is 1. The molecule has 0 radical (unpaired) electrons. The second-order valence-electron chi connectivity index (χ2n) is 5.91. The number of hydrogen-bond acceptors (Lipinski definition) is 4. The predicted octanol–water partition coefficient (Wildman–Crippen LogP) is 1.41. The minimum absolute atomic E-state index is 0.0694. The summed E-state index contributed by atoms with van der Waals surface area (Å²) in [6.07, 6.45) is 1.88. The van der Waals surface area contributed by atoms with Crippen molar-refractivity contribution in [2.45, 2.75) is 11.3 Å². The molecular formula is C18H18N2O4S. The summed E-state index contributed by atoms with van der Waals surface area (Å²) >= 11 is 0. The number of benzene rings is 2. The first-order valence-electron chi connectivity index (χ1n) is 7.83. The molecule has 6 nitrogen and oxygen atoms in total. The zero-order valence-corrected chi connectivity index (χ0v) is 14.5. The number of para-hydroxylation sites is 1. The van der Waals surface area contributed by atoms with Gasteiger partial charge in [-0.25, -0.2) is 8.42 Å².